The van der Waals surface area contributed by atoms with Crippen LogP contribution in [-0.4, -0.2) is 9.97 Å². The highest BCUT2D eigenvalue weighted by Crippen LogP contribution is 2.58. The first-order valence-corrected chi connectivity index (χ1v) is 16.4. The van der Waals surface area contributed by atoms with E-state index in [0.717, 1.165) is 33.7 Å². The van der Waals surface area contributed by atoms with E-state index in [0.29, 0.717) is 5.82 Å². The summed E-state index contributed by atoms with van der Waals surface area (Å²) >= 11 is 0. The maximum Gasteiger partial charge on any atom is 0.162 e. The molecule has 1 heterocycles. The van der Waals surface area contributed by atoms with Crippen LogP contribution in [-0.2, 0) is 10.8 Å². The molecule has 7 aromatic rings. The van der Waals surface area contributed by atoms with Gasteiger partial charge >= 0.3 is 0 Å². The summed E-state index contributed by atoms with van der Waals surface area (Å²) in [4.78, 5) is 13.0. The van der Waals surface area contributed by atoms with Crippen LogP contribution in [0.25, 0.3) is 44.5 Å². The second-order valence-electron chi connectivity index (χ2n) is 13.8. The Hall–Kier alpha value is -5.54. The van der Waals surface area contributed by atoms with E-state index in [1.54, 1.807) is 0 Å². The average molecular weight is 606 g/mol. The molecule has 0 fully saturated rings. The summed E-state index contributed by atoms with van der Waals surface area (Å²) in [6.07, 6.45) is 0. The van der Waals surface area contributed by atoms with Crippen molar-refractivity contribution in [3.8, 4) is 33.6 Å². The zero-order valence-corrected chi connectivity index (χ0v) is 27.1. The Morgan fingerprint density at radius 1 is 0.468 bits per heavy atom. The van der Waals surface area contributed by atoms with Gasteiger partial charge in [0.1, 0.15) is 5.82 Å². The second-order valence-corrected chi connectivity index (χ2v) is 13.8. The van der Waals surface area contributed by atoms with Gasteiger partial charge in [-0.15, -0.1) is 0 Å². The molecule has 0 amide bonds. The van der Waals surface area contributed by atoms with Crippen LogP contribution < -0.4 is 4.90 Å². The van der Waals surface area contributed by atoms with Crippen molar-refractivity contribution in [2.24, 2.45) is 0 Å². The summed E-state index contributed by atoms with van der Waals surface area (Å²) in [7, 11) is 0. The highest BCUT2D eigenvalue weighted by molar-refractivity contribution is 6.02. The van der Waals surface area contributed by atoms with Crippen molar-refractivity contribution in [1.29, 1.82) is 0 Å². The third-order valence-corrected chi connectivity index (χ3v) is 10.5. The molecule has 0 spiro atoms. The molecule has 0 atom stereocenters. The number of anilines is 3. The molecule has 2 aliphatic rings. The van der Waals surface area contributed by atoms with E-state index < -0.39 is 0 Å². The number of para-hydroxylation sites is 1. The lowest BCUT2D eigenvalue weighted by atomic mass is 9.81. The van der Waals surface area contributed by atoms with E-state index in [1.807, 2.05) is 6.07 Å². The molecule has 226 valence electrons. The molecule has 47 heavy (non-hydrogen) atoms. The fourth-order valence-electron chi connectivity index (χ4n) is 8.23. The van der Waals surface area contributed by atoms with E-state index in [2.05, 4.69) is 166 Å². The number of fused-ring (bicyclic) bond motifs is 7. The third-order valence-electron chi connectivity index (χ3n) is 10.5. The van der Waals surface area contributed by atoms with Crippen LogP contribution in [0.2, 0.25) is 0 Å². The molecule has 3 nitrogen and oxygen atoms in total. The highest BCUT2D eigenvalue weighted by Gasteiger charge is 2.42. The Balaban J connectivity index is 1.42. The molecule has 0 unspecified atom stereocenters. The summed E-state index contributed by atoms with van der Waals surface area (Å²) in [5.74, 6) is 1.60. The number of hydrogen-bond donors (Lipinski definition) is 0. The maximum atomic E-state index is 5.48. The van der Waals surface area contributed by atoms with Crippen LogP contribution in [0.4, 0.5) is 17.2 Å². The van der Waals surface area contributed by atoms with E-state index in [9.17, 15) is 0 Å². The zero-order chi connectivity index (χ0) is 31.9. The first-order chi connectivity index (χ1) is 22.9. The van der Waals surface area contributed by atoms with Crippen LogP contribution in [0, 0.1) is 0 Å². The smallest absolute Gasteiger partial charge is 0.162 e. The molecule has 0 radical (unpaired) electrons. The molecule has 1 aromatic heterocycles. The summed E-state index contributed by atoms with van der Waals surface area (Å²) in [5.41, 5.74) is 14.3. The standard InChI is InChI=1S/C44H35N3/c1-43(2)34-23-12-9-19-31(34)39-35(43)24-15-26-37(39)47(38-27-14-21-30-29-18-8-11-22-33(29)44(3,4)40(30)38)42-32-20-10-13-25-36(32)45-41(46-42)28-16-6-5-7-17-28/h5-27H,1-4H3. The third kappa shape index (κ3) is 3.93. The minimum absolute atomic E-state index is 0.134. The Kier molecular flexibility index (Phi) is 5.89. The van der Waals surface area contributed by atoms with Crippen molar-refractivity contribution in [2.45, 2.75) is 38.5 Å². The molecule has 2 aliphatic carbocycles. The van der Waals surface area contributed by atoms with Crippen LogP contribution >= 0.6 is 0 Å². The molecule has 0 saturated heterocycles. The average Bonchev–Trinajstić information content (AvgIpc) is 3.49. The lowest BCUT2D eigenvalue weighted by Crippen LogP contribution is -2.22. The van der Waals surface area contributed by atoms with Gasteiger partial charge in [-0.2, -0.15) is 0 Å². The van der Waals surface area contributed by atoms with Gasteiger partial charge in [0.05, 0.1) is 16.9 Å². The Labute approximate surface area is 276 Å². The molecule has 0 bridgehead atoms. The Bertz CT molecular complexity index is 2370. The molecule has 0 aliphatic heterocycles. The van der Waals surface area contributed by atoms with Crippen molar-refractivity contribution >= 4 is 28.1 Å². The summed E-state index contributed by atoms with van der Waals surface area (Å²) < 4.78 is 0. The predicted octanol–water partition coefficient (Wildman–Crippen LogP) is 11.4. The van der Waals surface area contributed by atoms with Crippen molar-refractivity contribution in [1.82, 2.24) is 9.97 Å². The summed E-state index contributed by atoms with van der Waals surface area (Å²) in [6, 6.07) is 50.1. The Morgan fingerprint density at radius 3 is 1.87 bits per heavy atom. The molecule has 0 saturated carbocycles. The number of nitrogens with zero attached hydrogens (tertiary/aromatic N) is 3. The van der Waals surface area contributed by atoms with Gasteiger partial charge in [0.25, 0.3) is 0 Å². The van der Waals surface area contributed by atoms with Crippen LogP contribution in [0.15, 0.2) is 140 Å². The predicted molar refractivity (Wildman–Crippen MR) is 195 cm³/mol. The quantitative estimate of drug-likeness (QED) is 0.200. The normalized spacial score (nSPS) is 14.7. The van der Waals surface area contributed by atoms with Gasteiger partial charge in [-0.05, 0) is 63.2 Å². The molecule has 6 aromatic carbocycles. The molecule has 9 rings (SSSR count). The first kappa shape index (κ1) is 27.7. The van der Waals surface area contributed by atoms with Gasteiger partial charge in [-0.25, -0.2) is 9.97 Å². The zero-order valence-electron chi connectivity index (χ0n) is 27.1. The van der Waals surface area contributed by atoms with E-state index in [-0.39, 0.29) is 10.8 Å². The fraction of sp³-hybridized carbons (Fsp3) is 0.136. The van der Waals surface area contributed by atoms with Crippen molar-refractivity contribution in [2.75, 3.05) is 4.90 Å². The largest absolute Gasteiger partial charge is 0.293 e. The number of benzene rings is 6. The Morgan fingerprint density at radius 2 is 1.06 bits per heavy atom. The van der Waals surface area contributed by atoms with Crippen molar-refractivity contribution < 1.29 is 0 Å². The van der Waals surface area contributed by atoms with Crippen molar-refractivity contribution in [3.05, 3.63) is 162 Å². The molecule has 0 N–H and O–H groups in total. The minimum atomic E-state index is -0.221. The van der Waals surface area contributed by atoms with Gasteiger partial charge in [0.2, 0.25) is 0 Å². The molecular weight excluding hydrogens is 571 g/mol. The van der Waals surface area contributed by atoms with Crippen LogP contribution in [0.3, 0.4) is 0 Å². The van der Waals surface area contributed by atoms with Gasteiger partial charge in [0.15, 0.2) is 5.82 Å². The fourth-order valence-corrected chi connectivity index (χ4v) is 8.23. The van der Waals surface area contributed by atoms with Crippen LogP contribution in [0.5, 0.6) is 0 Å². The molecular formula is C44H35N3. The highest BCUT2D eigenvalue weighted by atomic mass is 15.2. The topological polar surface area (TPSA) is 29.0 Å². The van der Waals surface area contributed by atoms with Gasteiger partial charge < -0.3 is 0 Å². The number of aromatic nitrogens is 2. The summed E-state index contributed by atoms with van der Waals surface area (Å²) in [6.45, 7) is 9.42. The summed E-state index contributed by atoms with van der Waals surface area (Å²) in [5, 5.41) is 1.02. The van der Waals surface area contributed by atoms with Gasteiger partial charge in [-0.1, -0.05) is 143 Å². The van der Waals surface area contributed by atoms with Gasteiger partial charge in [-0.3, -0.25) is 4.90 Å². The lowest BCUT2D eigenvalue weighted by Gasteiger charge is -2.33. The first-order valence-electron chi connectivity index (χ1n) is 16.4. The van der Waals surface area contributed by atoms with Crippen LogP contribution in [0.1, 0.15) is 49.9 Å². The van der Waals surface area contributed by atoms with E-state index in [4.69, 9.17) is 9.97 Å². The van der Waals surface area contributed by atoms with Crippen molar-refractivity contribution in [3.63, 3.8) is 0 Å². The second kappa shape index (κ2) is 9.98. The SMILES string of the molecule is CC1(C)c2ccccc2-c2c(N(c3cccc4c3C(C)(C)c3ccccc3-4)c3nc(-c4ccccc4)nc4ccccc34)cccc21. The van der Waals surface area contributed by atoms with Gasteiger partial charge in [0, 0.05) is 27.3 Å². The van der Waals surface area contributed by atoms with E-state index >= 15 is 0 Å². The minimum Gasteiger partial charge on any atom is -0.293 e. The molecule has 3 heteroatoms. The monoisotopic (exact) mass is 605 g/mol. The number of hydrogen-bond acceptors (Lipinski definition) is 3. The maximum absolute atomic E-state index is 5.48. The van der Waals surface area contributed by atoms with E-state index in [1.165, 1.54) is 44.5 Å². The lowest BCUT2D eigenvalue weighted by molar-refractivity contribution is 0.659. The number of rotatable bonds is 4.